The second-order valence-electron chi connectivity index (χ2n) is 5.88. The number of carboxylic acid groups (broad SMARTS) is 1. The van der Waals surface area contributed by atoms with Crippen LogP contribution in [0.3, 0.4) is 0 Å². The summed E-state index contributed by atoms with van der Waals surface area (Å²) in [5, 5.41) is 16.5. The molecule has 24 heavy (non-hydrogen) atoms. The van der Waals surface area contributed by atoms with Crippen molar-refractivity contribution >= 4 is 23.5 Å². The van der Waals surface area contributed by atoms with Gasteiger partial charge in [-0.1, -0.05) is 43.6 Å². The lowest BCUT2D eigenvalue weighted by atomic mass is 10.0. The van der Waals surface area contributed by atoms with Crippen LogP contribution in [0, 0.1) is 0 Å². The Hall–Kier alpha value is -2.34. The van der Waals surface area contributed by atoms with Crippen LogP contribution >= 0.6 is 11.6 Å². The largest absolute Gasteiger partial charge is 0.481 e. The minimum Gasteiger partial charge on any atom is -0.481 e. The number of carbonyl (C=O) groups is 2. The number of nitrogens with zero attached hydrogens (tertiary/aromatic N) is 2. The lowest BCUT2D eigenvalue weighted by molar-refractivity contribution is -0.137. The zero-order chi connectivity index (χ0) is 17.9. The third-order valence-electron chi connectivity index (χ3n) is 3.70. The molecule has 0 fully saturated rings. The van der Waals surface area contributed by atoms with Crippen molar-refractivity contribution in [3.05, 3.63) is 52.3 Å². The number of rotatable bonds is 6. The Morgan fingerprint density at radius 2 is 2.00 bits per heavy atom. The van der Waals surface area contributed by atoms with Crippen molar-refractivity contribution in [3.8, 4) is 0 Å². The maximum atomic E-state index is 12.5. The topological polar surface area (TPSA) is 84.2 Å². The van der Waals surface area contributed by atoms with Gasteiger partial charge in [-0.25, -0.2) is 0 Å². The van der Waals surface area contributed by atoms with Gasteiger partial charge >= 0.3 is 5.97 Å². The molecule has 1 aromatic carbocycles. The van der Waals surface area contributed by atoms with E-state index in [9.17, 15) is 9.59 Å². The van der Waals surface area contributed by atoms with Crippen molar-refractivity contribution < 1.29 is 14.7 Å². The lowest BCUT2D eigenvalue weighted by Crippen LogP contribution is -2.30. The van der Waals surface area contributed by atoms with Crippen LogP contribution < -0.4 is 5.32 Å². The molecule has 0 saturated carbocycles. The fourth-order valence-corrected chi connectivity index (χ4v) is 2.80. The number of nitrogens with one attached hydrogen (secondary N) is 1. The van der Waals surface area contributed by atoms with Gasteiger partial charge in [-0.05, 0) is 23.6 Å². The second kappa shape index (κ2) is 7.49. The molecule has 0 aliphatic rings. The van der Waals surface area contributed by atoms with E-state index in [2.05, 4.69) is 10.4 Å². The highest BCUT2D eigenvalue weighted by molar-refractivity contribution is 6.31. The van der Waals surface area contributed by atoms with E-state index in [1.165, 1.54) is 0 Å². The van der Waals surface area contributed by atoms with Crippen LogP contribution in [0.4, 0.5) is 0 Å². The standard InChI is InChI=1S/C17H20ClN3O3/c1-10(2)15-8-14(20-21(15)3)17(24)19-13(9-16(22)23)11-6-4-5-7-12(11)18/h4-8,10,13H,9H2,1-3H3,(H,19,24)(H,22,23). The van der Waals surface area contributed by atoms with Crippen LogP contribution in [0.25, 0.3) is 0 Å². The van der Waals surface area contributed by atoms with Crippen molar-refractivity contribution in [2.45, 2.75) is 32.2 Å². The molecular formula is C17H20ClN3O3. The van der Waals surface area contributed by atoms with E-state index in [-0.39, 0.29) is 18.0 Å². The molecule has 0 spiro atoms. The summed E-state index contributed by atoms with van der Waals surface area (Å²) in [6.07, 6.45) is -0.265. The monoisotopic (exact) mass is 349 g/mol. The summed E-state index contributed by atoms with van der Waals surface area (Å²) in [7, 11) is 1.77. The summed E-state index contributed by atoms with van der Waals surface area (Å²) in [6, 6.07) is 7.85. The van der Waals surface area contributed by atoms with E-state index in [4.69, 9.17) is 16.7 Å². The summed E-state index contributed by atoms with van der Waals surface area (Å²) in [5.74, 6) is -1.23. The number of aromatic nitrogens is 2. The third kappa shape index (κ3) is 4.14. The first-order chi connectivity index (χ1) is 11.3. The number of carbonyl (C=O) groups excluding carboxylic acids is 1. The minimum atomic E-state index is -1.02. The van der Waals surface area contributed by atoms with Gasteiger partial charge in [0.15, 0.2) is 0 Å². The Labute approximate surface area is 145 Å². The average Bonchev–Trinajstić information content (AvgIpc) is 2.89. The Morgan fingerprint density at radius 1 is 1.33 bits per heavy atom. The van der Waals surface area contributed by atoms with Gasteiger partial charge < -0.3 is 10.4 Å². The number of hydrogen-bond donors (Lipinski definition) is 2. The first kappa shape index (κ1) is 18.0. The quantitative estimate of drug-likeness (QED) is 0.839. The van der Waals surface area contributed by atoms with Crippen molar-refractivity contribution in [1.29, 1.82) is 0 Å². The van der Waals surface area contributed by atoms with Gasteiger partial charge in [0.1, 0.15) is 5.69 Å². The molecule has 0 radical (unpaired) electrons. The summed E-state index contributed by atoms with van der Waals surface area (Å²) >= 11 is 6.14. The first-order valence-electron chi connectivity index (χ1n) is 7.60. The molecule has 2 aromatic rings. The van der Waals surface area contributed by atoms with Gasteiger partial charge in [-0.15, -0.1) is 0 Å². The maximum Gasteiger partial charge on any atom is 0.305 e. The summed E-state index contributed by atoms with van der Waals surface area (Å²) in [5.41, 5.74) is 1.74. The molecular weight excluding hydrogens is 330 g/mol. The van der Waals surface area contributed by atoms with Crippen molar-refractivity contribution in [1.82, 2.24) is 15.1 Å². The smallest absolute Gasteiger partial charge is 0.305 e. The van der Waals surface area contributed by atoms with Crippen molar-refractivity contribution in [3.63, 3.8) is 0 Å². The molecule has 2 N–H and O–H groups in total. The summed E-state index contributed by atoms with van der Waals surface area (Å²) in [4.78, 5) is 23.6. The van der Waals surface area contributed by atoms with Crippen LogP contribution in [-0.2, 0) is 11.8 Å². The van der Waals surface area contributed by atoms with Crippen molar-refractivity contribution in [2.24, 2.45) is 7.05 Å². The average molecular weight is 350 g/mol. The summed E-state index contributed by atoms with van der Waals surface area (Å²) in [6.45, 7) is 4.02. The van der Waals surface area contributed by atoms with Crippen LogP contribution in [0.5, 0.6) is 0 Å². The van der Waals surface area contributed by atoms with E-state index in [1.807, 2.05) is 13.8 Å². The molecule has 1 unspecified atom stereocenters. The van der Waals surface area contributed by atoms with Crippen LogP contribution in [-0.4, -0.2) is 26.8 Å². The number of hydrogen-bond acceptors (Lipinski definition) is 3. The normalized spacial score (nSPS) is 12.2. The molecule has 1 heterocycles. The first-order valence-corrected chi connectivity index (χ1v) is 7.98. The van der Waals surface area contributed by atoms with Crippen molar-refractivity contribution in [2.75, 3.05) is 0 Å². The fourth-order valence-electron chi connectivity index (χ4n) is 2.54. The maximum absolute atomic E-state index is 12.5. The highest BCUT2D eigenvalue weighted by Gasteiger charge is 2.23. The van der Waals surface area contributed by atoms with Gasteiger partial charge in [0.2, 0.25) is 0 Å². The molecule has 0 aliphatic heterocycles. The molecule has 1 amide bonds. The molecule has 128 valence electrons. The van der Waals surface area contributed by atoms with Gasteiger partial charge in [0, 0.05) is 17.8 Å². The number of aliphatic carboxylic acids is 1. The summed E-state index contributed by atoms with van der Waals surface area (Å²) < 4.78 is 1.65. The van der Waals surface area contributed by atoms with Crippen LogP contribution in [0.15, 0.2) is 30.3 Å². The third-order valence-corrected chi connectivity index (χ3v) is 4.05. The zero-order valence-corrected chi connectivity index (χ0v) is 14.5. The van der Waals surface area contributed by atoms with Crippen LogP contribution in [0.1, 0.15) is 54.0 Å². The molecule has 1 atom stereocenters. The predicted octanol–water partition coefficient (Wildman–Crippen LogP) is 3.14. The molecule has 2 rings (SSSR count). The van der Waals surface area contributed by atoms with Gasteiger partial charge in [-0.3, -0.25) is 14.3 Å². The highest BCUT2D eigenvalue weighted by atomic mass is 35.5. The number of carboxylic acids is 1. The Bertz CT molecular complexity index is 755. The van der Waals surface area contributed by atoms with Gasteiger partial charge in [0.05, 0.1) is 12.5 Å². The zero-order valence-electron chi connectivity index (χ0n) is 13.8. The van der Waals surface area contributed by atoms with Gasteiger partial charge in [0.25, 0.3) is 5.91 Å². The van der Waals surface area contributed by atoms with E-state index in [0.717, 1.165) is 5.69 Å². The van der Waals surface area contributed by atoms with E-state index >= 15 is 0 Å². The van der Waals surface area contributed by atoms with Crippen LogP contribution in [0.2, 0.25) is 5.02 Å². The SMILES string of the molecule is CC(C)c1cc(C(=O)NC(CC(=O)O)c2ccccc2Cl)nn1C. The minimum absolute atomic E-state index is 0.224. The van der Waals surface area contributed by atoms with Gasteiger partial charge in [-0.2, -0.15) is 5.10 Å². The Kier molecular flexibility index (Phi) is 5.62. The van der Waals surface area contributed by atoms with E-state index < -0.39 is 17.9 Å². The molecule has 1 aromatic heterocycles. The van der Waals surface area contributed by atoms with E-state index in [1.54, 1.807) is 42.1 Å². The second-order valence-corrected chi connectivity index (χ2v) is 6.29. The predicted molar refractivity (Wildman–Crippen MR) is 91.2 cm³/mol. The number of amides is 1. The molecule has 0 bridgehead atoms. The number of benzene rings is 1. The number of halogens is 1. The fraction of sp³-hybridized carbons (Fsp3) is 0.353. The van der Waals surface area contributed by atoms with E-state index in [0.29, 0.717) is 10.6 Å². The lowest BCUT2D eigenvalue weighted by Gasteiger charge is -2.18. The Balaban J connectivity index is 2.26. The molecule has 7 heteroatoms. The molecule has 0 saturated heterocycles. The Morgan fingerprint density at radius 3 is 2.54 bits per heavy atom. The molecule has 6 nitrogen and oxygen atoms in total. The number of aryl methyl sites for hydroxylation is 1. The molecule has 0 aliphatic carbocycles. The highest BCUT2D eigenvalue weighted by Crippen LogP contribution is 2.25.